The standard InChI is InChI=1S/C22H34FN3O2.HI/c1-3-24-21(26-13-9-20(10-14-26)28-16-4-15-27-2)25-17-22(11-12-22)18-5-7-19(23)8-6-18;/h5-8,20H,3-4,9-17H2,1-2H3,(H,24,25);1H. The Bertz CT molecular complexity index is 629. The van der Waals surface area contributed by atoms with Crippen LogP contribution in [0.5, 0.6) is 0 Å². The van der Waals surface area contributed by atoms with E-state index in [2.05, 4.69) is 17.1 Å². The molecule has 0 aromatic heterocycles. The van der Waals surface area contributed by atoms with Gasteiger partial charge in [-0.05, 0) is 56.7 Å². The second-order valence-electron chi connectivity index (χ2n) is 7.86. The second kappa shape index (κ2) is 12.1. The van der Waals surface area contributed by atoms with Crippen LogP contribution in [0.2, 0.25) is 0 Å². The zero-order valence-electron chi connectivity index (χ0n) is 17.7. The van der Waals surface area contributed by atoms with E-state index in [9.17, 15) is 4.39 Å². The minimum atomic E-state index is -0.177. The van der Waals surface area contributed by atoms with Crippen molar-refractivity contribution in [1.29, 1.82) is 0 Å². The number of rotatable bonds is 9. The number of piperidine rings is 1. The average molecular weight is 519 g/mol. The molecule has 1 aliphatic heterocycles. The van der Waals surface area contributed by atoms with Crippen molar-refractivity contribution in [3.05, 3.63) is 35.6 Å². The summed E-state index contributed by atoms with van der Waals surface area (Å²) in [4.78, 5) is 7.31. The fraction of sp³-hybridized carbons (Fsp3) is 0.682. The van der Waals surface area contributed by atoms with Gasteiger partial charge < -0.3 is 19.7 Å². The molecule has 3 rings (SSSR count). The van der Waals surface area contributed by atoms with Crippen LogP contribution in [0.4, 0.5) is 4.39 Å². The number of hydrogen-bond donors (Lipinski definition) is 1. The van der Waals surface area contributed by atoms with Gasteiger partial charge in [-0.25, -0.2) is 4.39 Å². The molecule has 1 saturated carbocycles. The maximum atomic E-state index is 13.2. The number of hydrogen-bond acceptors (Lipinski definition) is 3. The number of benzene rings is 1. The van der Waals surface area contributed by atoms with Crippen molar-refractivity contribution in [2.24, 2.45) is 4.99 Å². The van der Waals surface area contributed by atoms with Gasteiger partial charge in [0.15, 0.2) is 5.96 Å². The normalized spacial score (nSPS) is 19.0. The number of likely N-dealkylation sites (tertiary alicyclic amines) is 1. The molecular formula is C22H35FIN3O2. The van der Waals surface area contributed by atoms with Crippen LogP contribution < -0.4 is 5.32 Å². The van der Waals surface area contributed by atoms with Gasteiger partial charge in [0.2, 0.25) is 0 Å². The first-order valence-electron chi connectivity index (χ1n) is 10.6. The Labute approximate surface area is 191 Å². The molecule has 0 radical (unpaired) electrons. The summed E-state index contributed by atoms with van der Waals surface area (Å²) < 4.78 is 24.3. The third kappa shape index (κ3) is 7.07. The lowest BCUT2D eigenvalue weighted by atomic mass is 9.96. The summed E-state index contributed by atoms with van der Waals surface area (Å²) in [6.07, 6.45) is 5.59. The molecule has 2 aliphatic rings. The van der Waals surface area contributed by atoms with E-state index in [0.29, 0.717) is 6.10 Å². The third-order valence-electron chi connectivity index (χ3n) is 5.76. The highest BCUT2D eigenvalue weighted by atomic mass is 127. The van der Waals surface area contributed by atoms with Crippen molar-refractivity contribution in [2.75, 3.05) is 46.5 Å². The molecule has 0 unspecified atom stereocenters. The zero-order valence-corrected chi connectivity index (χ0v) is 20.0. The third-order valence-corrected chi connectivity index (χ3v) is 5.76. The summed E-state index contributed by atoms with van der Waals surface area (Å²) in [7, 11) is 1.72. The predicted octanol–water partition coefficient (Wildman–Crippen LogP) is 3.96. The summed E-state index contributed by atoms with van der Waals surface area (Å²) in [5.74, 6) is 0.817. The van der Waals surface area contributed by atoms with E-state index in [0.717, 1.165) is 77.5 Å². The predicted molar refractivity (Wildman–Crippen MR) is 126 cm³/mol. The lowest BCUT2D eigenvalue weighted by Gasteiger charge is -2.34. The van der Waals surface area contributed by atoms with Crippen LogP contribution in [0.3, 0.4) is 0 Å². The average Bonchev–Trinajstić information content (AvgIpc) is 3.51. The lowest BCUT2D eigenvalue weighted by molar-refractivity contribution is 0.00990. The second-order valence-corrected chi connectivity index (χ2v) is 7.86. The molecule has 164 valence electrons. The number of halogens is 2. The summed E-state index contributed by atoms with van der Waals surface area (Å²) in [5, 5.41) is 3.45. The number of nitrogens with zero attached hydrogens (tertiary/aromatic N) is 2. The quantitative estimate of drug-likeness (QED) is 0.232. The number of methoxy groups -OCH3 is 1. The number of ether oxygens (including phenoxy) is 2. The molecule has 7 heteroatoms. The van der Waals surface area contributed by atoms with Gasteiger partial charge in [0.05, 0.1) is 12.6 Å². The topological polar surface area (TPSA) is 46.1 Å². The summed E-state index contributed by atoms with van der Waals surface area (Å²) in [6, 6.07) is 6.94. The van der Waals surface area contributed by atoms with E-state index in [1.165, 1.54) is 5.56 Å². The van der Waals surface area contributed by atoms with Gasteiger partial charge in [-0.1, -0.05) is 12.1 Å². The van der Waals surface area contributed by atoms with Crippen LogP contribution in [0, 0.1) is 5.82 Å². The van der Waals surface area contributed by atoms with Gasteiger partial charge in [0.1, 0.15) is 5.82 Å². The maximum Gasteiger partial charge on any atom is 0.193 e. The van der Waals surface area contributed by atoms with Crippen molar-refractivity contribution in [3.63, 3.8) is 0 Å². The van der Waals surface area contributed by atoms with Crippen LogP contribution >= 0.6 is 24.0 Å². The highest BCUT2D eigenvalue weighted by Crippen LogP contribution is 2.48. The summed E-state index contributed by atoms with van der Waals surface area (Å²) in [6.45, 7) is 7.17. The van der Waals surface area contributed by atoms with E-state index in [1.807, 2.05) is 12.1 Å². The maximum absolute atomic E-state index is 13.2. The number of aliphatic imine (C=N–C) groups is 1. The minimum Gasteiger partial charge on any atom is -0.385 e. The molecule has 1 aromatic carbocycles. The first kappa shape index (κ1) is 24.3. The fourth-order valence-electron chi connectivity index (χ4n) is 3.83. The summed E-state index contributed by atoms with van der Waals surface area (Å²) >= 11 is 0. The van der Waals surface area contributed by atoms with Crippen LogP contribution in [-0.4, -0.2) is 63.5 Å². The smallest absolute Gasteiger partial charge is 0.193 e. The van der Waals surface area contributed by atoms with E-state index in [-0.39, 0.29) is 35.2 Å². The monoisotopic (exact) mass is 519 g/mol. The molecule has 29 heavy (non-hydrogen) atoms. The number of nitrogens with one attached hydrogen (secondary N) is 1. The largest absolute Gasteiger partial charge is 0.385 e. The van der Waals surface area contributed by atoms with Gasteiger partial charge in [0.25, 0.3) is 0 Å². The Balaban J connectivity index is 0.00000300. The van der Waals surface area contributed by atoms with Crippen LogP contribution in [0.25, 0.3) is 0 Å². The van der Waals surface area contributed by atoms with E-state index < -0.39 is 0 Å². The van der Waals surface area contributed by atoms with Gasteiger partial charge in [-0.3, -0.25) is 4.99 Å². The Morgan fingerprint density at radius 3 is 2.48 bits per heavy atom. The van der Waals surface area contributed by atoms with Gasteiger partial charge in [0, 0.05) is 45.4 Å². The van der Waals surface area contributed by atoms with E-state index >= 15 is 0 Å². The molecule has 1 aromatic rings. The molecule has 0 bridgehead atoms. The Hall–Kier alpha value is -0.930. The van der Waals surface area contributed by atoms with Gasteiger partial charge in [-0.15, -0.1) is 24.0 Å². The molecule has 0 atom stereocenters. The van der Waals surface area contributed by atoms with Crippen LogP contribution in [-0.2, 0) is 14.9 Å². The molecule has 0 spiro atoms. The molecular weight excluding hydrogens is 484 g/mol. The van der Waals surface area contributed by atoms with Crippen molar-refractivity contribution < 1.29 is 13.9 Å². The van der Waals surface area contributed by atoms with Crippen molar-refractivity contribution in [2.45, 2.75) is 50.5 Å². The highest BCUT2D eigenvalue weighted by Gasteiger charge is 2.44. The molecule has 1 aliphatic carbocycles. The summed E-state index contributed by atoms with van der Waals surface area (Å²) in [5.41, 5.74) is 1.30. The van der Waals surface area contributed by atoms with Crippen molar-refractivity contribution >= 4 is 29.9 Å². The van der Waals surface area contributed by atoms with Crippen LogP contribution in [0.15, 0.2) is 29.3 Å². The minimum absolute atomic E-state index is 0. The molecule has 1 heterocycles. The zero-order chi connectivity index (χ0) is 19.8. The Morgan fingerprint density at radius 2 is 1.90 bits per heavy atom. The Kier molecular flexibility index (Phi) is 10.1. The van der Waals surface area contributed by atoms with E-state index in [4.69, 9.17) is 14.5 Å². The molecule has 1 saturated heterocycles. The molecule has 2 fully saturated rings. The highest BCUT2D eigenvalue weighted by molar-refractivity contribution is 14.0. The van der Waals surface area contributed by atoms with Gasteiger partial charge >= 0.3 is 0 Å². The molecule has 0 amide bonds. The van der Waals surface area contributed by atoms with Crippen LogP contribution in [0.1, 0.15) is 44.6 Å². The van der Waals surface area contributed by atoms with E-state index in [1.54, 1.807) is 19.2 Å². The lowest BCUT2D eigenvalue weighted by Crippen LogP contribution is -2.47. The molecule has 5 nitrogen and oxygen atoms in total. The Morgan fingerprint density at radius 1 is 1.21 bits per heavy atom. The number of guanidine groups is 1. The molecule has 1 N–H and O–H groups in total. The SMILES string of the molecule is CCNC(=NCC1(c2ccc(F)cc2)CC1)N1CCC(OCCCOC)CC1.I. The first-order valence-corrected chi connectivity index (χ1v) is 10.6. The first-order chi connectivity index (χ1) is 13.7. The van der Waals surface area contributed by atoms with Crippen molar-refractivity contribution in [3.8, 4) is 0 Å². The fourth-order valence-corrected chi connectivity index (χ4v) is 3.83. The van der Waals surface area contributed by atoms with Gasteiger partial charge in [-0.2, -0.15) is 0 Å². The van der Waals surface area contributed by atoms with Crippen molar-refractivity contribution in [1.82, 2.24) is 10.2 Å².